The summed E-state index contributed by atoms with van der Waals surface area (Å²) in [7, 11) is 0. The van der Waals surface area contributed by atoms with Gasteiger partial charge in [-0.25, -0.2) is 4.79 Å². The predicted molar refractivity (Wildman–Crippen MR) is 59.0 cm³/mol. The highest BCUT2D eigenvalue weighted by atomic mass is 16.5. The standard InChI is InChI=1S/C12H22O2/c1-6-12(13)14-11(5)8-10(4)7-9(2)3/h6,9-11H,1,7-8H2,2-5H3. The molecule has 0 aliphatic rings. The van der Waals surface area contributed by atoms with E-state index in [-0.39, 0.29) is 12.1 Å². The molecule has 2 unspecified atom stereocenters. The van der Waals surface area contributed by atoms with Gasteiger partial charge in [0, 0.05) is 6.08 Å². The highest BCUT2D eigenvalue weighted by Crippen LogP contribution is 2.17. The van der Waals surface area contributed by atoms with Crippen LogP contribution in [0.1, 0.15) is 40.5 Å². The van der Waals surface area contributed by atoms with E-state index in [0.29, 0.717) is 11.8 Å². The summed E-state index contributed by atoms with van der Waals surface area (Å²) in [5.41, 5.74) is 0. The Kier molecular flexibility index (Phi) is 6.26. The largest absolute Gasteiger partial charge is 0.460 e. The second-order valence-electron chi connectivity index (χ2n) is 4.42. The lowest BCUT2D eigenvalue weighted by Crippen LogP contribution is -2.16. The molecule has 2 atom stereocenters. The van der Waals surface area contributed by atoms with E-state index in [9.17, 15) is 4.79 Å². The van der Waals surface area contributed by atoms with Gasteiger partial charge in [-0.05, 0) is 31.6 Å². The number of hydrogen-bond acceptors (Lipinski definition) is 2. The first kappa shape index (κ1) is 13.2. The fraction of sp³-hybridized carbons (Fsp3) is 0.750. The van der Waals surface area contributed by atoms with E-state index in [1.54, 1.807) is 0 Å². The summed E-state index contributed by atoms with van der Waals surface area (Å²) in [5, 5.41) is 0. The van der Waals surface area contributed by atoms with Crippen LogP contribution in [0.25, 0.3) is 0 Å². The number of esters is 1. The topological polar surface area (TPSA) is 26.3 Å². The SMILES string of the molecule is C=CC(=O)OC(C)CC(C)CC(C)C. The van der Waals surface area contributed by atoms with Crippen molar-refractivity contribution in [1.29, 1.82) is 0 Å². The van der Waals surface area contributed by atoms with Crippen LogP contribution in [0, 0.1) is 11.8 Å². The van der Waals surface area contributed by atoms with Crippen LogP contribution in [0.2, 0.25) is 0 Å². The van der Waals surface area contributed by atoms with Crippen molar-refractivity contribution in [2.45, 2.75) is 46.6 Å². The summed E-state index contributed by atoms with van der Waals surface area (Å²) in [6.07, 6.45) is 3.31. The second kappa shape index (κ2) is 6.63. The maximum absolute atomic E-state index is 10.9. The van der Waals surface area contributed by atoms with Crippen molar-refractivity contribution in [3.63, 3.8) is 0 Å². The molecule has 0 saturated carbocycles. The zero-order valence-electron chi connectivity index (χ0n) is 9.75. The third-order valence-electron chi connectivity index (χ3n) is 2.09. The van der Waals surface area contributed by atoms with Crippen LogP contribution in [0.5, 0.6) is 0 Å². The van der Waals surface area contributed by atoms with Gasteiger partial charge in [0.15, 0.2) is 0 Å². The van der Waals surface area contributed by atoms with Crippen LogP contribution >= 0.6 is 0 Å². The van der Waals surface area contributed by atoms with E-state index in [2.05, 4.69) is 27.4 Å². The van der Waals surface area contributed by atoms with Crippen molar-refractivity contribution in [1.82, 2.24) is 0 Å². The highest BCUT2D eigenvalue weighted by molar-refractivity contribution is 5.81. The Morgan fingerprint density at radius 1 is 1.29 bits per heavy atom. The molecule has 82 valence electrons. The number of hydrogen-bond donors (Lipinski definition) is 0. The minimum absolute atomic E-state index is 0.00532. The average molecular weight is 198 g/mol. The quantitative estimate of drug-likeness (QED) is 0.484. The molecule has 2 nitrogen and oxygen atoms in total. The van der Waals surface area contributed by atoms with Crippen molar-refractivity contribution in [3.8, 4) is 0 Å². The van der Waals surface area contributed by atoms with Crippen molar-refractivity contribution in [2.75, 3.05) is 0 Å². The van der Waals surface area contributed by atoms with Crippen LogP contribution in [0.15, 0.2) is 12.7 Å². The van der Waals surface area contributed by atoms with Gasteiger partial charge in [0.25, 0.3) is 0 Å². The molecule has 0 aromatic carbocycles. The lowest BCUT2D eigenvalue weighted by Gasteiger charge is -2.18. The van der Waals surface area contributed by atoms with Gasteiger partial charge < -0.3 is 4.74 Å². The highest BCUT2D eigenvalue weighted by Gasteiger charge is 2.12. The van der Waals surface area contributed by atoms with Gasteiger partial charge in [0.05, 0.1) is 6.10 Å². The minimum atomic E-state index is -0.325. The first-order chi connectivity index (χ1) is 6.45. The summed E-state index contributed by atoms with van der Waals surface area (Å²) in [5.74, 6) is 0.976. The van der Waals surface area contributed by atoms with Crippen molar-refractivity contribution >= 4 is 5.97 Å². The van der Waals surface area contributed by atoms with Gasteiger partial charge in [-0.2, -0.15) is 0 Å². The van der Waals surface area contributed by atoms with Crippen LogP contribution in [0.3, 0.4) is 0 Å². The van der Waals surface area contributed by atoms with Crippen LogP contribution < -0.4 is 0 Å². The first-order valence-electron chi connectivity index (χ1n) is 5.28. The Labute approximate surface area is 87.3 Å². The summed E-state index contributed by atoms with van der Waals surface area (Å²) in [6, 6.07) is 0. The Morgan fingerprint density at radius 3 is 2.29 bits per heavy atom. The fourth-order valence-electron chi connectivity index (χ4n) is 1.76. The summed E-state index contributed by atoms with van der Waals surface area (Å²) in [4.78, 5) is 10.9. The molecule has 0 spiro atoms. The molecule has 2 heteroatoms. The Balaban J connectivity index is 3.75. The van der Waals surface area contributed by atoms with Crippen LogP contribution in [0.4, 0.5) is 0 Å². The van der Waals surface area contributed by atoms with Gasteiger partial charge in [-0.15, -0.1) is 0 Å². The van der Waals surface area contributed by atoms with Crippen LogP contribution in [-0.4, -0.2) is 12.1 Å². The molecule has 0 aromatic heterocycles. The van der Waals surface area contributed by atoms with E-state index >= 15 is 0 Å². The van der Waals surface area contributed by atoms with E-state index in [0.717, 1.165) is 6.42 Å². The molecule has 0 bridgehead atoms. The van der Waals surface area contributed by atoms with Gasteiger partial charge in [0.1, 0.15) is 0 Å². The molecule has 0 aliphatic heterocycles. The average Bonchev–Trinajstić information content (AvgIpc) is 2.01. The Hall–Kier alpha value is -0.790. The van der Waals surface area contributed by atoms with Crippen molar-refractivity contribution in [2.24, 2.45) is 11.8 Å². The normalized spacial score (nSPS) is 14.9. The number of carbonyl (C=O) groups excluding carboxylic acids is 1. The number of carbonyl (C=O) groups is 1. The van der Waals surface area contributed by atoms with Gasteiger partial charge >= 0.3 is 5.97 Å². The van der Waals surface area contributed by atoms with Gasteiger partial charge in [0.2, 0.25) is 0 Å². The first-order valence-corrected chi connectivity index (χ1v) is 5.28. The fourth-order valence-corrected chi connectivity index (χ4v) is 1.76. The predicted octanol–water partition coefficient (Wildman–Crippen LogP) is 3.18. The number of ether oxygens (including phenoxy) is 1. The molecule has 0 N–H and O–H groups in total. The monoisotopic (exact) mass is 198 g/mol. The Morgan fingerprint density at radius 2 is 1.86 bits per heavy atom. The smallest absolute Gasteiger partial charge is 0.330 e. The zero-order chi connectivity index (χ0) is 11.1. The lowest BCUT2D eigenvalue weighted by atomic mass is 9.94. The summed E-state index contributed by atoms with van der Waals surface area (Å²) >= 11 is 0. The molecule has 14 heavy (non-hydrogen) atoms. The molecule has 0 amide bonds. The molecule has 0 fully saturated rings. The molecule has 0 radical (unpaired) electrons. The molecule has 0 aromatic rings. The molecular weight excluding hydrogens is 176 g/mol. The van der Waals surface area contributed by atoms with Crippen LogP contribution in [-0.2, 0) is 9.53 Å². The summed E-state index contributed by atoms with van der Waals surface area (Å²) < 4.78 is 5.09. The van der Waals surface area contributed by atoms with E-state index in [1.165, 1.54) is 12.5 Å². The third-order valence-corrected chi connectivity index (χ3v) is 2.09. The maximum Gasteiger partial charge on any atom is 0.330 e. The molecular formula is C12H22O2. The number of rotatable bonds is 6. The van der Waals surface area contributed by atoms with Crippen molar-refractivity contribution < 1.29 is 9.53 Å². The van der Waals surface area contributed by atoms with E-state index < -0.39 is 0 Å². The molecule has 0 heterocycles. The molecule has 0 aliphatic carbocycles. The van der Waals surface area contributed by atoms with Crippen molar-refractivity contribution in [3.05, 3.63) is 12.7 Å². The Bertz CT molecular complexity index is 185. The maximum atomic E-state index is 10.9. The van der Waals surface area contributed by atoms with Gasteiger partial charge in [-0.3, -0.25) is 0 Å². The minimum Gasteiger partial charge on any atom is -0.460 e. The second-order valence-corrected chi connectivity index (χ2v) is 4.42. The van der Waals surface area contributed by atoms with E-state index in [4.69, 9.17) is 4.74 Å². The third kappa shape index (κ3) is 6.70. The zero-order valence-corrected chi connectivity index (χ0v) is 9.75. The van der Waals surface area contributed by atoms with E-state index in [1.807, 2.05) is 6.92 Å². The van der Waals surface area contributed by atoms with Gasteiger partial charge in [-0.1, -0.05) is 27.4 Å². The molecule has 0 saturated heterocycles. The molecule has 0 rings (SSSR count). The summed E-state index contributed by atoms with van der Waals surface area (Å²) in [6.45, 7) is 11.9. The lowest BCUT2D eigenvalue weighted by molar-refractivity contribution is -0.142.